The van der Waals surface area contributed by atoms with Crippen LogP contribution in [0.4, 0.5) is 0 Å². The highest BCUT2D eigenvalue weighted by atomic mass is 16.5. The molecular weight excluding hydrogens is 462 g/mol. The third-order valence-corrected chi connectivity index (χ3v) is 6.09. The van der Waals surface area contributed by atoms with Crippen molar-refractivity contribution in [3.63, 3.8) is 0 Å². The van der Waals surface area contributed by atoms with Gasteiger partial charge in [-0.1, -0.05) is 44.2 Å². The van der Waals surface area contributed by atoms with Crippen LogP contribution in [-0.2, 0) is 30.3 Å². The highest BCUT2D eigenvalue weighted by molar-refractivity contribution is 5.93. The highest BCUT2D eigenvalue weighted by Crippen LogP contribution is 2.11. The van der Waals surface area contributed by atoms with Crippen LogP contribution in [0.2, 0.25) is 0 Å². The van der Waals surface area contributed by atoms with Gasteiger partial charge in [-0.15, -0.1) is 0 Å². The number of benzene rings is 1. The zero-order chi connectivity index (χ0) is 26.3. The number of morpholine rings is 1. The van der Waals surface area contributed by atoms with E-state index in [-0.39, 0.29) is 11.8 Å². The van der Waals surface area contributed by atoms with E-state index < -0.39 is 29.9 Å². The summed E-state index contributed by atoms with van der Waals surface area (Å²) in [7, 11) is 0. The van der Waals surface area contributed by atoms with Gasteiger partial charge < -0.3 is 31.3 Å². The molecule has 0 saturated carbocycles. The lowest BCUT2D eigenvalue weighted by molar-refractivity contribution is -0.140. The Morgan fingerprint density at radius 1 is 1.00 bits per heavy atom. The van der Waals surface area contributed by atoms with E-state index in [1.165, 1.54) is 0 Å². The molecule has 10 heteroatoms. The number of hydrogen-bond donors (Lipinski definition) is 4. The van der Waals surface area contributed by atoms with Crippen molar-refractivity contribution in [2.24, 2.45) is 11.7 Å². The first-order valence-electron chi connectivity index (χ1n) is 12.8. The van der Waals surface area contributed by atoms with Gasteiger partial charge in [0.05, 0.1) is 13.2 Å². The van der Waals surface area contributed by atoms with E-state index in [0.717, 1.165) is 12.0 Å². The zero-order valence-corrected chi connectivity index (χ0v) is 21.4. The predicted octanol–water partition coefficient (Wildman–Crippen LogP) is 0.347. The van der Waals surface area contributed by atoms with E-state index in [1.807, 2.05) is 44.2 Å². The smallest absolute Gasteiger partial charge is 0.245 e. The highest BCUT2D eigenvalue weighted by Gasteiger charge is 2.31. The van der Waals surface area contributed by atoms with Gasteiger partial charge >= 0.3 is 0 Å². The van der Waals surface area contributed by atoms with E-state index in [0.29, 0.717) is 64.9 Å². The molecule has 4 amide bonds. The molecule has 1 aromatic carbocycles. The molecule has 1 saturated heterocycles. The van der Waals surface area contributed by atoms with Crippen LogP contribution in [0.1, 0.15) is 45.1 Å². The van der Waals surface area contributed by atoms with Crippen LogP contribution in [-0.4, -0.2) is 80.0 Å². The molecule has 1 aromatic rings. The van der Waals surface area contributed by atoms with E-state index in [4.69, 9.17) is 10.5 Å². The number of carbonyl (C=O) groups is 4. The quantitative estimate of drug-likeness (QED) is 0.201. The van der Waals surface area contributed by atoms with Crippen LogP contribution >= 0.6 is 0 Å². The van der Waals surface area contributed by atoms with Gasteiger partial charge in [-0.05, 0) is 43.7 Å². The summed E-state index contributed by atoms with van der Waals surface area (Å²) >= 11 is 0. The zero-order valence-electron chi connectivity index (χ0n) is 21.4. The average molecular weight is 504 g/mol. The topological polar surface area (TPSA) is 143 Å². The lowest BCUT2D eigenvalue weighted by Gasteiger charge is -2.32. The molecule has 1 aliphatic rings. The molecule has 0 bridgehead atoms. The van der Waals surface area contributed by atoms with E-state index in [2.05, 4.69) is 16.0 Å². The van der Waals surface area contributed by atoms with Crippen LogP contribution in [0.15, 0.2) is 30.3 Å². The second-order valence-electron chi connectivity index (χ2n) is 9.50. The maximum absolute atomic E-state index is 13.3. The van der Waals surface area contributed by atoms with E-state index in [9.17, 15) is 19.2 Å². The van der Waals surface area contributed by atoms with Gasteiger partial charge in [-0.25, -0.2) is 0 Å². The standard InChI is InChI=1S/C26H41N5O5/c1-19(2)16-23(30-24(33)22(28-18-32)17-20-8-4-3-5-9-20)25(34)29-21(10-6-7-11-27)26(35)31-12-14-36-15-13-31/h3-5,8-9,18-19,21-23H,6-7,10-17,27H2,1-2H3,(H,28,32)(H,29,34)(H,30,33)/t21?,22?,23-/m1/s1. The summed E-state index contributed by atoms with van der Waals surface area (Å²) in [5.41, 5.74) is 6.51. The first-order chi connectivity index (χ1) is 17.3. The first-order valence-corrected chi connectivity index (χ1v) is 12.8. The van der Waals surface area contributed by atoms with Crippen LogP contribution in [0, 0.1) is 5.92 Å². The van der Waals surface area contributed by atoms with Gasteiger partial charge in [0.2, 0.25) is 24.1 Å². The summed E-state index contributed by atoms with van der Waals surface area (Å²) in [6.45, 7) is 6.30. The number of rotatable bonds is 15. The number of nitrogens with zero attached hydrogens (tertiary/aromatic N) is 1. The van der Waals surface area contributed by atoms with Gasteiger partial charge in [-0.3, -0.25) is 19.2 Å². The first kappa shape index (κ1) is 29.3. The van der Waals surface area contributed by atoms with Crippen molar-refractivity contribution in [2.75, 3.05) is 32.8 Å². The Bertz CT molecular complexity index is 829. The lowest BCUT2D eigenvalue weighted by Crippen LogP contribution is -2.57. The van der Waals surface area contributed by atoms with Crippen LogP contribution in [0.25, 0.3) is 0 Å². The minimum Gasteiger partial charge on any atom is -0.378 e. The van der Waals surface area contributed by atoms with Crippen molar-refractivity contribution in [1.29, 1.82) is 0 Å². The maximum Gasteiger partial charge on any atom is 0.245 e. The van der Waals surface area contributed by atoms with Crippen LogP contribution in [0.5, 0.6) is 0 Å². The molecule has 0 aliphatic carbocycles. The van der Waals surface area contributed by atoms with Crippen molar-refractivity contribution in [3.05, 3.63) is 35.9 Å². The molecule has 0 radical (unpaired) electrons. The molecule has 3 atom stereocenters. The van der Waals surface area contributed by atoms with E-state index in [1.54, 1.807) is 4.90 Å². The summed E-state index contributed by atoms with van der Waals surface area (Å²) in [5, 5.41) is 8.25. The Balaban J connectivity index is 2.12. The number of nitrogens with two attached hydrogens (primary N) is 1. The third-order valence-electron chi connectivity index (χ3n) is 6.09. The Kier molecular flexibility index (Phi) is 12.9. The summed E-state index contributed by atoms with van der Waals surface area (Å²) in [6.07, 6.45) is 3.06. The minimum atomic E-state index is -0.848. The normalized spacial score (nSPS) is 16.1. The average Bonchev–Trinajstić information content (AvgIpc) is 2.88. The largest absolute Gasteiger partial charge is 0.378 e. The number of amides is 4. The molecule has 10 nitrogen and oxygen atoms in total. The Labute approximate surface area is 213 Å². The number of hydrogen-bond acceptors (Lipinski definition) is 6. The second-order valence-corrected chi connectivity index (χ2v) is 9.50. The summed E-state index contributed by atoms with van der Waals surface area (Å²) in [6, 6.07) is 6.94. The molecule has 200 valence electrons. The van der Waals surface area contributed by atoms with Crippen molar-refractivity contribution >= 4 is 24.1 Å². The van der Waals surface area contributed by atoms with Crippen molar-refractivity contribution in [3.8, 4) is 0 Å². The third kappa shape index (κ3) is 9.94. The van der Waals surface area contributed by atoms with Gasteiger partial charge in [0, 0.05) is 19.5 Å². The van der Waals surface area contributed by atoms with Crippen LogP contribution in [0.3, 0.4) is 0 Å². The summed E-state index contributed by atoms with van der Waals surface area (Å²) in [4.78, 5) is 52.5. The molecule has 5 N–H and O–H groups in total. The monoisotopic (exact) mass is 503 g/mol. The maximum atomic E-state index is 13.3. The molecule has 0 spiro atoms. The molecular formula is C26H41N5O5. The summed E-state index contributed by atoms with van der Waals surface area (Å²) in [5.74, 6) is -0.909. The summed E-state index contributed by atoms with van der Waals surface area (Å²) < 4.78 is 5.34. The fraction of sp³-hybridized carbons (Fsp3) is 0.615. The number of carbonyl (C=O) groups excluding carboxylic acids is 4. The van der Waals surface area contributed by atoms with Gasteiger partial charge in [0.1, 0.15) is 18.1 Å². The van der Waals surface area contributed by atoms with Gasteiger partial charge in [0.25, 0.3) is 0 Å². The SMILES string of the molecule is CC(C)C[C@@H](NC(=O)C(Cc1ccccc1)NC=O)C(=O)NC(CCCCN)C(=O)N1CCOCC1. The van der Waals surface area contributed by atoms with Crippen molar-refractivity contribution in [2.45, 2.75) is 64.1 Å². The Morgan fingerprint density at radius 3 is 2.25 bits per heavy atom. The molecule has 1 aliphatic heterocycles. The van der Waals surface area contributed by atoms with E-state index >= 15 is 0 Å². The molecule has 2 rings (SSSR count). The minimum absolute atomic E-state index is 0.110. The number of nitrogens with one attached hydrogen (secondary N) is 3. The molecule has 1 heterocycles. The Morgan fingerprint density at radius 2 is 1.64 bits per heavy atom. The van der Waals surface area contributed by atoms with Crippen LogP contribution < -0.4 is 21.7 Å². The molecule has 0 aromatic heterocycles. The predicted molar refractivity (Wildman–Crippen MR) is 137 cm³/mol. The fourth-order valence-corrected chi connectivity index (χ4v) is 4.16. The van der Waals surface area contributed by atoms with Gasteiger partial charge in [0.15, 0.2) is 0 Å². The van der Waals surface area contributed by atoms with Gasteiger partial charge in [-0.2, -0.15) is 0 Å². The number of unbranched alkanes of at least 4 members (excludes halogenated alkanes) is 1. The second kappa shape index (κ2) is 15.9. The van der Waals surface area contributed by atoms with Crippen molar-refractivity contribution < 1.29 is 23.9 Å². The molecule has 2 unspecified atom stereocenters. The van der Waals surface area contributed by atoms with Crippen molar-refractivity contribution in [1.82, 2.24) is 20.9 Å². The lowest BCUT2D eigenvalue weighted by atomic mass is 10.00. The molecule has 36 heavy (non-hydrogen) atoms. The number of ether oxygens (including phenoxy) is 1. The fourth-order valence-electron chi connectivity index (χ4n) is 4.16. The Hall–Kier alpha value is -2.98. The molecule has 1 fully saturated rings.